The molecule has 0 bridgehead atoms. The van der Waals surface area contributed by atoms with Crippen molar-refractivity contribution in [3.05, 3.63) is 23.8 Å². The van der Waals surface area contributed by atoms with Gasteiger partial charge in [0.05, 0.1) is 10.6 Å². The van der Waals surface area contributed by atoms with Crippen molar-refractivity contribution in [3.8, 4) is 0 Å². The summed E-state index contributed by atoms with van der Waals surface area (Å²) >= 11 is 0. The minimum absolute atomic E-state index is 0.0269. The second-order valence-corrected chi connectivity index (χ2v) is 6.60. The summed E-state index contributed by atoms with van der Waals surface area (Å²) in [6, 6.07) is 4.86. The average molecular weight is 268 g/mol. The summed E-state index contributed by atoms with van der Waals surface area (Å²) in [6.45, 7) is 1.83. The number of carbonyl (C=O) groups is 1. The standard InChI is InChI=1S/C12H16N2O3S/c1-8-2-5-11(10(13)6-8)18(16,17)7-12(15)14-9-3-4-9/h2,5-6,9H,3-4,7,13H2,1H3,(H,14,15). The topological polar surface area (TPSA) is 89.3 Å². The molecule has 0 aliphatic heterocycles. The van der Waals surface area contributed by atoms with Crippen LogP contribution in [0.15, 0.2) is 23.1 Å². The number of sulfone groups is 1. The van der Waals surface area contributed by atoms with E-state index in [1.54, 1.807) is 12.1 Å². The van der Waals surface area contributed by atoms with E-state index in [-0.39, 0.29) is 16.6 Å². The summed E-state index contributed by atoms with van der Waals surface area (Å²) in [5.74, 6) is -1.01. The van der Waals surface area contributed by atoms with E-state index in [0.717, 1.165) is 18.4 Å². The Labute approximate surface area is 106 Å². The van der Waals surface area contributed by atoms with Gasteiger partial charge in [0.25, 0.3) is 0 Å². The van der Waals surface area contributed by atoms with Gasteiger partial charge in [0.1, 0.15) is 5.75 Å². The number of hydrogen-bond donors (Lipinski definition) is 2. The smallest absolute Gasteiger partial charge is 0.235 e. The lowest BCUT2D eigenvalue weighted by Crippen LogP contribution is -2.32. The monoisotopic (exact) mass is 268 g/mol. The number of benzene rings is 1. The molecule has 1 amide bonds. The number of aryl methyl sites for hydroxylation is 1. The predicted molar refractivity (Wildman–Crippen MR) is 68.8 cm³/mol. The van der Waals surface area contributed by atoms with Crippen LogP contribution in [0.2, 0.25) is 0 Å². The first-order valence-electron chi connectivity index (χ1n) is 5.77. The number of amides is 1. The maximum atomic E-state index is 12.0. The normalized spacial score (nSPS) is 15.4. The quantitative estimate of drug-likeness (QED) is 0.784. The molecule has 18 heavy (non-hydrogen) atoms. The lowest BCUT2D eigenvalue weighted by Gasteiger charge is -2.08. The highest BCUT2D eigenvalue weighted by Gasteiger charge is 2.27. The first-order valence-corrected chi connectivity index (χ1v) is 7.42. The largest absolute Gasteiger partial charge is 0.398 e. The Morgan fingerprint density at radius 3 is 2.67 bits per heavy atom. The molecule has 5 nitrogen and oxygen atoms in total. The van der Waals surface area contributed by atoms with Crippen LogP contribution in [-0.2, 0) is 14.6 Å². The van der Waals surface area contributed by atoms with Crippen LogP contribution in [0, 0.1) is 6.92 Å². The Kier molecular flexibility index (Phi) is 3.30. The van der Waals surface area contributed by atoms with E-state index in [1.165, 1.54) is 6.07 Å². The SMILES string of the molecule is Cc1ccc(S(=O)(=O)CC(=O)NC2CC2)c(N)c1. The zero-order chi connectivity index (χ0) is 13.3. The number of rotatable bonds is 4. The van der Waals surface area contributed by atoms with Crippen LogP contribution in [0.4, 0.5) is 5.69 Å². The molecule has 0 heterocycles. The fourth-order valence-corrected chi connectivity index (χ4v) is 2.98. The minimum Gasteiger partial charge on any atom is -0.398 e. The molecule has 98 valence electrons. The zero-order valence-electron chi connectivity index (χ0n) is 10.1. The number of nitrogens with two attached hydrogens (primary N) is 1. The Morgan fingerprint density at radius 1 is 1.44 bits per heavy atom. The van der Waals surface area contributed by atoms with Crippen LogP contribution in [0.25, 0.3) is 0 Å². The Hall–Kier alpha value is -1.56. The van der Waals surface area contributed by atoms with Crippen LogP contribution < -0.4 is 11.1 Å². The molecule has 3 N–H and O–H groups in total. The van der Waals surface area contributed by atoms with Crippen molar-refractivity contribution in [3.63, 3.8) is 0 Å². The van der Waals surface area contributed by atoms with Crippen LogP contribution in [-0.4, -0.2) is 26.1 Å². The van der Waals surface area contributed by atoms with Gasteiger partial charge in [-0.25, -0.2) is 8.42 Å². The molecule has 1 fully saturated rings. The molecule has 1 aromatic rings. The first-order chi connectivity index (χ1) is 8.38. The fourth-order valence-electron chi connectivity index (χ4n) is 1.70. The van der Waals surface area contributed by atoms with E-state index in [1.807, 2.05) is 6.92 Å². The van der Waals surface area contributed by atoms with Crippen molar-refractivity contribution < 1.29 is 13.2 Å². The van der Waals surface area contributed by atoms with Crippen LogP contribution in [0.1, 0.15) is 18.4 Å². The highest BCUT2D eigenvalue weighted by molar-refractivity contribution is 7.92. The van der Waals surface area contributed by atoms with E-state index >= 15 is 0 Å². The lowest BCUT2D eigenvalue weighted by molar-refractivity contribution is -0.118. The van der Waals surface area contributed by atoms with Gasteiger partial charge in [-0.1, -0.05) is 6.07 Å². The van der Waals surface area contributed by atoms with Crippen LogP contribution in [0.3, 0.4) is 0 Å². The highest BCUT2D eigenvalue weighted by Crippen LogP contribution is 2.22. The minimum atomic E-state index is -3.66. The van der Waals surface area contributed by atoms with Gasteiger partial charge in [0.15, 0.2) is 9.84 Å². The van der Waals surface area contributed by atoms with Crippen molar-refractivity contribution >= 4 is 21.4 Å². The summed E-state index contributed by atoms with van der Waals surface area (Å²) < 4.78 is 24.1. The average Bonchev–Trinajstić information content (AvgIpc) is 2.99. The predicted octanol–water partition coefficient (Wildman–Crippen LogP) is 0.630. The molecule has 1 aliphatic rings. The van der Waals surface area contributed by atoms with Gasteiger partial charge >= 0.3 is 0 Å². The van der Waals surface area contributed by atoms with Gasteiger partial charge in [-0.15, -0.1) is 0 Å². The van der Waals surface area contributed by atoms with Gasteiger partial charge in [0, 0.05) is 6.04 Å². The maximum absolute atomic E-state index is 12.0. The molecule has 0 radical (unpaired) electrons. The van der Waals surface area contributed by atoms with E-state index in [0.29, 0.717) is 0 Å². The van der Waals surface area contributed by atoms with Crippen molar-refractivity contribution in [1.29, 1.82) is 0 Å². The highest BCUT2D eigenvalue weighted by atomic mass is 32.2. The molecule has 0 spiro atoms. The summed E-state index contributed by atoms with van der Waals surface area (Å²) in [5, 5.41) is 2.65. The van der Waals surface area contributed by atoms with E-state index in [4.69, 9.17) is 5.73 Å². The molecular formula is C12H16N2O3S. The van der Waals surface area contributed by atoms with Crippen molar-refractivity contribution in [2.24, 2.45) is 0 Å². The second-order valence-electron chi connectivity index (χ2n) is 4.64. The molecule has 1 aromatic carbocycles. The molecule has 0 aromatic heterocycles. The van der Waals surface area contributed by atoms with Gasteiger partial charge in [-0.3, -0.25) is 4.79 Å². The Morgan fingerprint density at radius 2 is 2.11 bits per heavy atom. The van der Waals surface area contributed by atoms with Gasteiger partial charge in [-0.2, -0.15) is 0 Å². The summed E-state index contributed by atoms with van der Waals surface area (Å²) in [4.78, 5) is 11.6. The third kappa shape index (κ3) is 3.01. The molecular weight excluding hydrogens is 252 g/mol. The zero-order valence-corrected chi connectivity index (χ0v) is 11.0. The summed E-state index contributed by atoms with van der Waals surface area (Å²) in [7, 11) is -3.66. The van der Waals surface area contributed by atoms with Crippen LogP contribution >= 0.6 is 0 Å². The number of anilines is 1. The van der Waals surface area contributed by atoms with Crippen molar-refractivity contribution in [2.45, 2.75) is 30.7 Å². The van der Waals surface area contributed by atoms with Crippen molar-refractivity contribution in [1.82, 2.24) is 5.32 Å². The van der Waals surface area contributed by atoms with Crippen molar-refractivity contribution in [2.75, 3.05) is 11.5 Å². The van der Waals surface area contributed by atoms with E-state index in [9.17, 15) is 13.2 Å². The molecule has 0 atom stereocenters. The third-order valence-electron chi connectivity index (χ3n) is 2.76. The molecule has 1 aliphatic carbocycles. The van der Waals surface area contributed by atoms with E-state index < -0.39 is 21.5 Å². The van der Waals surface area contributed by atoms with Crippen LogP contribution in [0.5, 0.6) is 0 Å². The Bertz CT molecular complexity index is 577. The lowest BCUT2D eigenvalue weighted by atomic mass is 10.2. The molecule has 0 saturated heterocycles. The third-order valence-corrected chi connectivity index (χ3v) is 4.45. The fraction of sp³-hybridized carbons (Fsp3) is 0.417. The number of nitrogen functional groups attached to an aromatic ring is 1. The first kappa shape index (κ1) is 12.9. The molecule has 0 unspecified atom stereocenters. The number of carbonyl (C=O) groups excluding carboxylic acids is 1. The molecule has 2 rings (SSSR count). The number of nitrogens with one attached hydrogen (secondary N) is 1. The van der Waals surface area contributed by atoms with E-state index in [2.05, 4.69) is 5.32 Å². The van der Waals surface area contributed by atoms with Gasteiger partial charge in [-0.05, 0) is 37.5 Å². The number of hydrogen-bond acceptors (Lipinski definition) is 4. The maximum Gasteiger partial charge on any atom is 0.235 e. The summed E-state index contributed by atoms with van der Waals surface area (Å²) in [6.07, 6.45) is 1.86. The summed E-state index contributed by atoms with van der Waals surface area (Å²) in [5.41, 5.74) is 6.76. The second kappa shape index (κ2) is 4.61. The molecule has 1 saturated carbocycles. The molecule has 6 heteroatoms. The van der Waals surface area contributed by atoms with Gasteiger partial charge in [0.2, 0.25) is 5.91 Å². The Balaban J connectivity index is 2.16. The van der Waals surface area contributed by atoms with Gasteiger partial charge < -0.3 is 11.1 Å².